The number of hydrogen-bond donors (Lipinski definition) is 3. The summed E-state index contributed by atoms with van der Waals surface area (Å²) in [5, 5.41) is 6.32. The van der Waals surface area contributed by atoms with Crippen LogP contribution >= 0.6 is 0 Å². The van der Waals surface area contributed by atoms with Crippen LogP contribution < -0.4 is 16.4 Å². The van der Waals surface area contributed by atoms with E-state index in [1.54, 1.807) is 0 Å². The van der Waals surface area contributed by atoms with Crippen molar-refractivity contribution in [2.45, 2.75) is 86.1 Å². The van der Waals surface area contributed by atoms with Crippen LogP contribution in [0.2, 0.25) is 0 Å². The minimum absolute atomic E-state index is 0. The zero-order chi connectivity index (χ0) is 18.6. The molecule has 0 aromatic carbocycles. The van der Waals surface area contributed by atoms with Gasteiger partial charge >= 0.3 is 0 Å². The highest BCUT2D eigenvalue weighted by Gasteiger charge is 2.02. The highest BCUT2D eigenvalue weighted by atomic mass is 15.2. The summed E-state index contributed by atoms with van der Waals surface area (Å²) < 4.78 is 0. The summed E-state index contributed by atoms with van der Waals surface area (Å²) in [6.45, 7) is 15.4. The first-order valence-corrected chi connectivity index (χ1v) is 9.64. The third kappa shape index (κ3) is 52.0. The van der Waals surface area contributed by atoms with Gasteiger partial charge in [-0.25, -0.2) is 0 Å². The highest BCUT2D eigenvalue weighted by Crippen LogP contribution is 1.91. The summed E-state index contributed by atoms with van der Waals surface area (Å²) in [7, 11) is 8.24. The Labute approximate surface area is 211 Å². The Morgan fingerprint density at radius 1 is 0.531 bits per heavy atom. The van der Waals surface area contributed by atoms with Gasteiger partial charge in [0.05, 0.1) is 0 Å². The molecule has 0 spiro atoms. The van der Waals surface area contributed by atoms with Gasteiger partial charge in [0, 0.05) is 52.4 Å². The van der Waals surface area contributed by atoms with Gasteiger partial charge in [0.15, 0.2) is 0 Å². The number of hydrogen-bond acceptors (Lipinski definition) is 6. The van der Waals surface area contributed by atoms with Crippen LogP contribution in [0.15, 0.2) is 0 Å². The molecule has 0 saturated carbocycles. The predicted molar refractivity (Wildman–Crippen MR) is 163 cm³/mol. The summed E-state index contributed by atoms with van der Waals surface area (Å²) in [4.78, 5) is 7.13. The van der Waals surface area contributed by atoms with E-state index >= 15 is 0 Å². The lowest BCUT2D eigenvalue weighted by molar-refractivity contribution is 0.242. The Bertz CT molecular complexity index is 222. The van der Waals surface area contributed by atoms with Gasteiger partial charge in [0.1, 0.15) is 0 Å². The standard InChI is InChI=1S/C10H25N3.C8H21N3.8CH4/c1-5-7-13(8-6-11-2)10-9-12(3)4;1-3-6-11(7-4-9)8-5-10-2;;;;;;;;/h11H,5-10H2,1-4H3;10H,3-9H2,1-2H3;8*1H4. The number of nitrogens with zero attached hydrogens (tertiary/aromatic N) is 3. The normalized spacial score (nSPS) is 8.44. The SMILES string of the molecule is C.C.C.C.C.C.C.C.CCCN(CCN)CCNC.CCCN(CCNC)CCN(C)C. The molecule has 0 aromatic heterocycles. The number of rotatable bonds is 15. The van der Waals surface area contributed by atoms with E-state index in [0.717, 1.165) is 45.8 Å². The smallest absolute Gasteiger partial charge is 0.0110 e. The molecule has 0 radical (unpaired) electrons. The fourth-order valence-corrected chi connectivity index (χ4v) is 2.37. The van der Waals surface area contributed by atoms with Crippen molar-refractivity contribution in [1.29, 1.82) is 0 Å². The molecule has 6 nitrogen and oxygen atoms in total. The van der Waals surface area contributed by atoms with Crippen molar-refractivity contribution < 1.29 is 0 Å². The van der Waals surface area contributed by atoms with Crippen molar-refractivity contribution in [3.05, 3.63) is 0 Å². The first kappa shape index (κ1) is 63.5. The van der Waals surface area contributed by atoms with Crippen molar-refractivity contribution in [3.63, 3.8) is 0 Å². The maximum Gasteiger partial charge on any atom is 0.0110 e. The molecule has 0 aliphatic carbocycles. The quantitative estimate of drug-likeness (QED) is 0.293. The van der Waals surface area contributed by atoms with Crippen LogP contribution in [-0.2, 0) is 0 Å². The van der Waals surface area contributed by atoms with Crippen molar-refractivity contribution in [3.8, 4) is 0 Å². The molecule has 0 fully saturated rings. The fraction of sp³-hybridized carbons (Fsp3) is 1.00. The number of likely N-dealkylation sites (N-methyl/N-ethyl adjacent to an activating group) is 3. The van der Waals surface area contributed by atoms with Crippen LogP contribution in [0, 0.1) is 0 Å². The zero-order valence-corrected chi connectivity index (χ0v) is 17.4. The van der Waals surface area contributed by atoms with Crippen LogP contribution in [0.3, 0.4) is 0 Å². The Balaban J connectivity index is -0.0000000305. The average Bonchev–Trinajstić information content (AvgIpc) is 2.56. The van der Waals surface area contributed by atoms with Crippen LogP contribution in [-0.4, -0.2) is 108 Å². The van der Waals surface area contributed by atoms with Gasteiger partial charge in [-0.15, -0.1) is 0 Å². The molecule has 0 rings (SSSR count). The van der Waals surface area contributed by atoms with E-state index < -0.39 is 0 Å². The summed E-state index contributed by atoms with van der Waals surface area (Å²) in [5.41, 5.74) is 5.47. The van der Waals surface area contributed by atoms with Crippen LogP contribution in [0.25, 0.3) is 0 Å². The van der Waals surface area contributed by atoms with E-state index in [2.05, 4.69) is 53.3 Å². The molecule has 212 valence electrons. The molecular weight excluding hydrogens is 396 g/mol. The molecule has 0 saturated heterocycles. The Kier molecular flexibility index (Phi) is 104. The molecule has 6 heteroatoms. The minimum atomic E-state index is 0. The molecule has 0 bridgehead atoms. The summed E-state index contributed by atoms with van der Waals surface area (Å²) in [5.74, 6) is 0. The molecule has 4 N–H and O–H groups in total. The van der Waals surface area contributed by atoms with Gasteiger partial charge in [-0.05, 0) is 54.1 Å². The van der Waals surface area contributed by atoms with Gasteiger partial charge in [-0.2, -0.15) is 0 Å². The molecule has 0 aromatic rings. The first-order chi connectivity index (χ1) is 11.5. The van der Waals surface area contributed by atoms with E-state index in [-0.39, 0.29) is 59.4 Å². The maximum absolute atomic E-state index is 5.47. The van der Waals surface area contributed by atoms with Gasteiger partial charge < -0.3 is 31.1 Å². The number of nitrogens with two attached hydrogens (primary N) is 1. The van der Waals surface area contributed by atoms with Crippen LogP contribution in [0.5, 0.6) is 0 Å². The Hall–Kier alpha value is -0.240. The molecular formula is C26H78N6. The second-order valence-electron chi connectivity index (χ2n) is 6.48. The molecule has 0 amide bonds. The lowest BCUT2D eigenvalue weighted by Gasteiger charge is -2.23. The van der Waals surface area contributed by atoms with Crippen molar-refractivity contribution >= 4 is 0 Å². The highest BCUT2D eigenvalue weighted by molar-refractivity contribution is 4.60. The molecule has 32 heavy (non-hydrogen) atoms. The molecule has 0 aliphatic rings. The zero-order valence-electron chi connectivity index (χ0n) is 17.4. The van der Waals surface area contributed by atoms with Crippen molar-refractivity contribution in [1.82, 2.24) is 25.3 Å². The summed E-state index contributed by atoms with van der Waals surface area (Å²) in [6, 6.07) is 0. The van der Waals surface area contributed by atoms with Crippen molar-refractivity contribution in [2.75, 3.05) is 93.6 Å². The topological polar surface area (TPSA) is 59.8 Å². The Morgan fingerprint density at radius 3 is 1.12 bits per heavy atom. The van der Waals surface area contributed by atoms with Crippen LogP contribution in [0.4, 0.5) is 0 Å². The lowest BCUT2D eigenvalue weighted by atomic mass is 10.4. The molecule has 0 atom stereocenters. The maximum atomic E-state index is 5.47. The monoisotopic (exact) mass is 475 g/mol. The fourth-order valence-electron chi connectivity index (χ4n) is 2.37. The predicted octanol–water partition coefficient (Wildman–Crippen LogP) is 5.44. The first-order valence-electron chi connectivity index (χ1n) is 9.64. The van der Waals surface area contributed by atoms with E-state index in [1.807, 2.05) is 14.1 Å². The minimum Gasteiger partial charge on any atom is -0.329 e. The van der Waals surface area contributed by atoms with E-state index in [1.165, 1.54) is 32.5 Å². The van der Waals surface area contributed by atoms with E-state index in [0.29, 0.717) is 0 Å². The second kappa shape index (κ2) is 52.6. The summed E-state index contributed by atoms with van der Waals surface area (Å²) >= 11 is 0. The van der Waals surface area contributed by atoms with Gasteiger partial charge in [0.25, 0.3) is 0 Å². The largest absolute Gasteiger partial charge is 0.329 e. The van der Waals surface area contributed by atoms with Crippen LogP contribution in [0.1, 0.15) is 86.1 Å². The second-order valence-corrected chi connectivity index (χ2v) is 6.48. The number of nitrogens with one attached hydrogen (secondary N) is 2. The van der Waals surface area contributed by atoms with Gasteiger partial charge in [-0.1, -0.05) is 73.3 Å². The third-order valence-corrected chi connectivity index (χ3v) is 3.74. The van der Waals surface area contributed by atoms with E-state index in [4.69, 9.17) is 5.73 Å². The molecule has 0 unspecified atom stereocenters. The lowest BCUT2D eigenvalue weighted by Crippen LogP contribution is -2.36. The Morgan fingerprint density at radius 2 is 0.875 bits per heavy atom. The molecule has 0 heterocycles. The van der Waals surface area contributed by atoms with Crippen molar-refractivity contribution in [2.24, 2.45) is 5.73 Å². The van der Waals surface area contributed by atoms with Gasteiger partial charge in [0.2, 0.25) is 0 Å². The van der Waals surface area contributed by atoms with Gasteiger partial charge in [-0.3, -0.25) is 0 Å². The molecule has 0 aliphatic heterocycles. The third-order valence-electron chi connectivity index (χ3n) is 3.74. The van der Waals surface area contributed by atoms with E-state index in [9.17, 15) is 0 Å². The summed E-state index contributed by atoms with van der Waals surface area (Å²) in [6.07, 6.45) is 2.46. The average molecular weight is 475 g/mol.